The van der Waals surface area contributed by atoms with Gasteiger partial charge in [-0.15, -0.1) is 22.7 Å². The topological polar surface area (TPSA) is 41.9 Å². The van der Waals surface area contributed by atoms with Crippen molar-refractivity contribution < 1.29 is 0 Å². The molecule has 0 fully saturated rings. The number of benzene rings is 6. The van der Waals surface area contributed by atoms with Crippen molar-refractivity contribution >= 4 is 50.5 Å². The minimum atomic E-state index is -0.399. The van der Waals surface area contributed by atoms with Gasteiger partial charge in [0.15, 0.2) is 17.5 Å². The smallest absolute Gasteiger partial charge is 0.164 e. The predicted octanol–water partition coefficient (Wildman–Crippen LogP) is 12.3. The molecule has 0 atom stereocenters. The molecule has 6 aromatic carbocycles. The van der Waals surface area contributed by atoms with Crippen LogP contribution in [-0.2, 0) is 5.41 Å². The number of nitrogens with zero attached hydrogens (tertiary/aromatic N) is 4. The molecule has 4 nitrogen and oxygen atoms in total. The van der Waals surface area contributed by atoms with Crippen molar-refractivity contribution in [2.75, 3.05) is 4.90 Å². The zero-order valence-electron chi connectivity index (χ0n) is 27.8. The van der Waals surface area contributed by atoms with Gasteiger partial charge in [-0.05, 0) is 98.4 Å². The highest BCUT2D eigenvalue weighted by atomic mass is 32.1. The lowest BCUT2D eigenvalue weighted by molar-refractivity contribution is 0.757. The third-order valence-electron chi connectivity index (χ3n) is 10.5. The molecule has 0 N–H and O–H groups in total. The lowest BCUT2D eigenvalue weighted by atomic mass is 9.65. The van der Waals surface area contributed by atoms with Gasteiger partial charge in [0.25, 0.3) is 0 Å². The van der Waals surface area contributed by atoms with Crippen LogP contribution in [0.5, 0.6) is 0 Å². The SMILES string of the molecule is c1ccc(-c2nc(-c3ccccc3)nc(-c3ccc(N4c5ccccc5C5(c6cc7ccccc7cc64)c4ccsc4-c4sccc45)cc3)n2)cc1. The van der Waals surface area contributed by atoms with Crippen LogP contribution in [0, 0.1) is 0 Å². The average Bonchev–Trinajstić information content (AvgIpc) is 3.95. The number of aromatic nitrogens is 3. The minimum absolute atomic E-state index is 0.399. The zero-order valence-corrected chi connectivity index (χ0v) is 29.4. The molecule has 2 aliphatic rings. The molecule has 0 radical (unpaired) electrons. The second-order valence-corrected chi connectivity index (χ2v) is 15.1. The van der Waals surface area contributed by atoms with E-state index in [9.17, 15) is 0 Å². The molecule has 0 saturated carbocycles. The summed E-state index contributed by atoms with van der Waals surface area (Å²) in [5, 5.41) is 6.99. The molecule has 9 aromatic rings. The van der Waals surface area contributed by atoms with E-state index in [4.69, 9.17) is 15.0 Å². The highest BCUT2D eigenvalue weighted by molar-refractivity contribution is 7.21. The first-order valence-electron chi connectivity index (χ1n) is 17.3. The Morgan fingerprint density at radius 3 is 1.50 bits per heavy atom. The fourth-order valence-corrected chi connectivity index (χ4v) is 10.3. The lowest BCUT2D eigenvalue weighted by Gasteiger charge is -2.44. The molecule has 0 amide bonds. The van der Waals surface area contributed by atoms with E-state index in [0.29, 0.717) is 17.5 Å². The lowest BCUT2D eigenvalue weighted by Crippen LogP contribution is -2.35. The van der Waals surface area contributed by atoms with Crippen LogP contribution >= 0.6 is 22.7 Å². The molecular weight excluding hydrogens is 673 g/mol. The van der Waals surface area contributed by atoms with Crippen LogP contribution in [0.4, 0.5) is 17.1 Å². The highest BCUT2D eigenvalue weighted by Gasteiger charge is 2.53. The molecule has 3 aromatic heterocycles. The number of hydrogen-bond acceptors (Lipinski definition) is 6. The van der Waals surface area contributed by atoms with E-state index in [1.54, 1.807) is 0 Å². The molecule has 0 unspecified atom stereocenters. The van der Waals surface area contributed by atoms with E-state index in [1.165, 1.54) is 54.2 Å². The van der Waals surface area contributed by atoms with Crippen LogP contribution in [0.25, 0.3) is 54.7 Å². The molecular formula is C46H28N4S2. The van der Waals surface area contributed by atoms with Gasteiger partial charge in [-0.2, -0.15) is 0 Å². The highest BCUT2D eigenvalue weighted by Crippen LogP contribution is 2.65. The summed E-state index contributed by atoms with van der Waals surface area (Å²) in [6.07, 6.45) is 0. The van der Waals surface area contributed by atoms with Crippen LogP contribution in [0.1, 0.15) is 22.3 Å². The molecule has 1 spiro atoms. The van der Waals surface area contributed by atoms with Gasteiger partial charge < -0.3 is 4.90 Å². The van der Waals surface area contributed by atoms with Crippen LogP contribution < -0.4 is 4.90 Å². The zero-order chi connectivity index (χ0) is 34.2. The molecule has 11 rings (SSSR count). The molecule has 52 heavy (non-hydrogen) atoms. The number of rotatable bonds is 4. The molecule has 4 heterocycles. The van der Waals surface area contributed by atoms with Crippen molar-refractivity contribution in [3.63, 3.8) is 0 Å². The maximum Gasteiger partial charge on any atom is 0.164 e. The number of anilines is 3. The van der Waals surface area contributed by atoms with Gasteiger partial charge in [0.05, 0.1) is 16.8 Å². The van der Waals surface area contributed by atoms with Gasteiger partial charge in [-0.1, -0.05) is 103 Å². The van der Waals surface area contributed by atoms with Crippen molar-refractivity contribution in [1.82, 2.24) is 15.0 Å². The van der Waals surface area contributed by atoms with E-state index in [1.807, 2.05) is 83.3 Å². The molecule has 0 bridgehead atoms. The van der Waals surface area contributed by atoms with Crippen molar-refractivity contribution in [1.29, 1.82) is 0 Å². The summed E-state index contributed by atoms with van der Waals surface area (Å²) in [4.78, 5) is 20.1. The van der Waals surface area contributed by atoms with Crippen molar-refractivity contribution in [2.45, 2.75) is 5.41 Å². The van der Waals surface area contributed by atoms with Gasteiger partial charge in [0.2, 0.25) is 0 Å². The Hall–Kier alpha value is -6.21. The van der Waals surface area contributed by atoms with Crippen LogP contribution in [-0.4, -0.2) is 15.0 Å². The van der Waals surface area contributed by atoms with Crippen LogP contribution in [0.2, 0.25) is 0 Å². The maximum atomic E-state index is 4.99. The van der Waals surface area contributed by atoms with Gasteiger partial charge in [0, 0.05) is 32.1 Å². The van der Waals surface area contributed by atoms with Gasteiger partial charge >= 0.3 is 0 Å². The third kappa shape index (κ3) is 4.22. The van der Waals surface area contributed by atoms with Crippen molar-refractivity contribution in [2.24, 2.45) is 0 Å². The second kappa shape index (κ2) is 11.4. The van der Waals surface area contributed by atoms with Crippen LogP contribution in [0.3, 0.4) is 0 Å². The minimum Gasteiger partial charge on any atom is -0.310 e. The summed E-state index contributed by atoms with van der Waals surface area (Å²) in [6.45, 7) is 0. The Morgan fingerprint density at radius 2 is 0.904 bits per heavy atom. The van der Waals surface area contributed by atoms with Gasteiger partial charge in [-0.3, -0.25) is 0 Å². The van der Waals surface area contributed by atoms with Crippen molar-refractivity contribution in [3.05, 3.63) is 191 Å². The average molecular weight is 701 g/mol. The predicted molar refractivity (Wildman–Crippen MR) is 215 cm³/mol. The Morgan fingerprint density at radius 1 is 0.404 bits per heavy atom. The Balaban J connectivity index is 1.11. The van der Waals surface area contributed by atoms with Gasteiger partial charge in [0.1, 0.15) is 0 Å². The summed E-state index contributed by atoms with van der Waals surface area (Å²) in [6, 6.07) is 56.2. The summed E-state index contributed by atoms with van der Waals surface area (Å²) in [7, 11) is 0. The summed E-state index contributed by atoms with van der Waals surface area (Å²) in [5.41, 5.74) is 11.3. The Kier molecular flexibility index (Phi) is 6.47. The normalized spacial score (nSPS) is 13.5. The van der Waals surface area contributed by atoms with E-state index >= 15 is 0 Å². The second-order valence-electron chi connectivity index (χ2n) is 13.2. The standard InChI is InChI=1S/C46H28N4S2/c1-3-11-29(12-4-1)43-47-44(30-13-5-2-6-14-30)49-45(48-43)31-19-21-34(22-20-31)50-39-18-10-9-17-35(39)46(36-23-25-51-41(36)42-37(46)24-26-52-42)38-27-32-15-7-8-16-33(32)28-40(38)50/h1-28H. The summed E-state index contributed by atoms with van der Waals surface area (Å²) >= 11 is 3.71. The fourth-order valence-electron chi connectivity index (χ4n) is 8.24. The third-order valence-corrected chi connectivity index (χ3v) is 12.5. The first-order chi connectivity index (χ1) is 25.8. The number of para-hydroxylation sites is 1. The monoisotopic (exact) mass is 700 g/mol. The van der Waals surface area contributed by atoms with Gasteiger partial charge in [-0.25, -0.2) is 15.0 Å². The van der Waals surface area contributed by atoms with Crippen molar-refractivity contribution in [3.8, 4) is 43.9 Å². The quantitative estimate of drug-likeness (QED) is 0.183. The van der Waals surface area contributed by atoms with Crippen LogP contribution in [0.15, 0.2) is 168 Å². The van der Waals surface area contributed by atoms with E-state index in [0.717, 1.165) is 22.4 Å². The number of thiophene rings is 2. The molecule has 6 heteroatoms. The van der Waals surface area contributed by atoms with E-state index < -0.39 is 5.41 Å². The molecule has 1 aliphatic heterocycles. The number of fused-ring (bicyclic) bond motifs is 10. The first kappa shape index (κ1) is 29.5. The Bertz CT molecular complexity index is 2710. The molecule has 1 aliphatic carbocycles. The summed E-state index contributed by atoms with van der Waals surface area (Å²) in [5.74, 6) is 1.95. The Labute approximate surface area is 309 Å². The number of hydrogen-bond donors (Lipinski definition) is 0. The molecule has 0 saturated heterocycles. The maximum absolute atomic E-state index is 4.99. The molecule has 244 valence electrons. The fraction of sp³-hybridized carbons (Fsp3) is 0.0217. The largest absolute Gasteiger partial charge is 0.310 e. The first-order valence-corrected chi connectivity index (χ1v) is 19.1. The van der Waals surface area contributed by atoms with E-state index in [-0.39, 0.29) is 0 Å². The van der Waals surface area contributed by atoms with E-state index in [2.05, 4.69) is 113 Å². The summed E-state index contributed by atoms with van der Waals surface area (Å²) < 4.78 is 0.